The summed E-state index contributed by atoms with van der Waals surface area (Å²) in [6, 6.07) is 18.2. The Morgan fingerprint density at radius 1 is 0.931 bits per heavy atom. The molecule has 29 heavy (non-hydrogen) atoms. The van der Waals surface area contributed by atoms with Gasteiger partial charge in [0.1, 0.15) is 11.5 Å². The number of carbonyl (C=O) groups is 2. The molecule has 2 aromatic carbocycles. The Kier molecular flexibility index (Phi) is 7.24. The van der Waals surface area contributed by atoms with E-state index in [-0.39, 0.29) is 18.4 Å². The summed E-state index contributed by atoms with van der Waals surface area (Å²) in [5.41, 5.74) is 1.53. The molecule has 3 rings (SSSR count). The van der Waals surface area contributed by atoms with Gasteiger partial charge in [0.25, 0.3) is 5.91 Å². The van der Waals surface area contributed by atoms with Gasteiger partial charge in [-0.1, -0.05) is 18.2 Å². The molecule has 0 saturated carbocycles. The number of nitrogens with one attached hydrogen (secondary N) is 2. The van der Waals surface area contributed by atoms with Crippen molar-refractivity contribution < 1.29 is 19.1 Å². The monoisotopic (exact) mass is 410 g/mol. The van der Waals surface area contributed by atoms with Crippen LogP contribution in [0.4, 0.5) is 5.69 Å². The molecule has 0 aliphatic carbocycles. The Balaban J connectivity index is 1.41. The molecule has 3 aromatic rings. The van der Waals surface area contributed by atoms with Crippen molar-refractivity contribution in [3.8, 4) is 11.5 Å². The fraction of sp³-hybridized carbons (Fsp3) is 0.182. The molecule has 1 aromatic heterocycles. The summed E-state index contributed by atoms with van der Waals surface area (Å²) in [5, 5.41) is 7.65. The quantitative estimate of drug-likeness (QED) is 0.565. The van der Waals surface area contributed by atoms with Crippen LogP contribution in [0.2, 0.25) is 0 Å². The van der Waals surface area contributed by atoms with Crippen LogP contribution < -0.4 is 20.1 Å². The molecule has 0 aliphatic heterocycles. The largest absolute Gasteiger partial charge is 0.497 e. The molecular weight excluding hydrogens is 388 g/mol. The van der Waals surface area contributed by atoms with E-state index in [4.69, 9.17) is 9.47 Å². The summed E-state index contributed by atoms with van der Waals surface area (Å²) < 4.78 is 10.5. The number of hydrogen-bond acceptors (Lipinski definition) is 5. The molecule has 150 valence electrons. The standard InChI is InChI=1S/C22H22N2O4S/c1-27-18-8-10-19(11-9-18)28-15-22(26)24-17-6-4-16(5-7-17)13-21(25)23-14-20-3-2-12-29-20/h2-12H,13-15H2,1H3,(H,23,25)(H,24,26). The van der Waals surface area contributed by atoms with E-state index in [2.05, 4.69) is 10.6 Å². The predicted octanol–water partition coefficient (Wildman–Crippen LogP) is 3.63. The van der Waals surface area contributed by atoms with E-state index >= 15 is 0 Å². The van der Waals surface area contributed by atoms with Crippen LogP contribution in [0.25, 0.3) is 0 Å². The van der Waals surface area contributed by atoms with Gasteiger partial charge in [0, 0.05) is 10.6 Å². The fourth-order valence-corrected chi connectivity index (χ4v) is 3.22. The van der Waals surface area contributed by atoms with Crippen LogP contribution in [0.15, 0.2) is 66.0 Å². The minimum absolute atomic E-state index is 0.0388. The maximum Gasteiger partial charge on any atom is 0.262 e. The first-order valence-corrected chi connectivity index (χ1v) is 9.95. The van der Waals surface area contributed by atoms with Crippen LogP contribution in [-0.4, -0.2) is 25.5 Å². The Morgan fingerprint density at radius 3 is 2.31 bits per heavy atom. The number of carbonyl (C=O) groups excluding carboxylic acids is 2. The number of anilines is 1. The van der Waals surface area contributed by atoms with Crippen LogP contribution in [0.5, 0.6) is 11.5 Å². The van der Waals surface area contributed by atoms with Gasteiger partial charge in [-0.25, -0.2) is 0 Å². The van der Waals surface area contributed by atoms with Gasteiger partial charge >= 0.3 is 0 Å². The highest BCUT2D eigenvalue weighted by Gasteiger charge is 2.07. The molecular formula is C22H22N2O4S. The molecule has 2 amide bonds. The van der Waals surface area contributed by atoms with E-state index in [9.17, 15) is 9.59 Å². The summed E-state index contributed by atoms with van der Waals surface area (Å²) in [6.07, 6.45) is 0.292. The Morgan fingerprint density at radius 2 is 1.66 bits per heavy atom. The Hall–Kier alpha value is -3.32. The molecule has 0 radical (unpaired) electrons. The SMILES string of the molecule is COc1ccc(OCC(=O)Nc2ccc(CC(=O)NCc3cccs3)cc2)cc1. The summed E-state index contributed by atoms with van der Waals surface area (Å²) in [5.74, 6) is 1.01. The van der Waals surface area contributed by atoms with Crippen LogP contribution in [0.1, 0.15) is 10.4 Å². The van der Waals surface area contributed by atoms with Gasteiger partial charge in [0.2, 0.25) is 5.91 Å². The van der Waals surface area contributed by atoms with Crippen LogP contribution in [0.3, 0.4) is 0 Å². The van der Waals surface area contributed by atoms with Gasteiger partial charge in [-0.2, -0.15) is 0 Å². The minimum atomic E-state index is -0.262. The maximum absolute atomic E-state index is 12.0. The van der Waals surface area contributed by atoms with Gasteiger partial charge in [0.05, 0.1) is 20.1 Å². The van der Waals surface area contributed by atoms with Crippen molar-refractivity contribution >= 4 is 28.8 Å². The number of rotatable bonds is 9. The summed E-state index contributed by atoms with van der Waals surface area (Å²) >= 11 is 1.61. The van der Waals surface area contributed by atoms with Crippen LogP contribution in [0, 0.1) is 0 Å². The molecule has 0 aliphatic rings. The van der Waals surface area contributed by atoms with E-state index in [1.807, 2.05) is 29.6 Å². The van der Waals surface area contributed by atoms with Crippen molar-refractivity contribution in [1.29, 1.82) is 0 Å². The Labute approximate surface area is 173 Å². The first-order valence-electron chi connectivity index (χ1n) is 9.07. The fourth-order valence-electron chi connectivity index (χ4n) is 2.57. The van der Waals surface area contributed by atoms with Gasteiger partial charge in [0.15, 0.2) is 6.61 Å². The molecule has 2 N–H and O–H groups in total. The number of methoxy groups -OCH3 is 1. The number of ether oxygens (including phenoxy) is 2. The zero-order chi connectivity index (χ0) is 20.5. The van der Waals surface area contributed by atoms with Crippen molar-refractivity contribution in [1.82, 2.24) is 5.32 Å². The lowest BCUT2D eigenvalue weighted by Gasteiger charge is -2.09. The lowest BCUT2D eigenvalue weighted by molar-refractivity contribution is -0.120. The molecule has 0 fully saturated rings. The third-order valence-electron chi connectivity index (χ3n) is 4.07. The van der Waals surface area contributed by atoms with Gasteiger partial charge in [-0.3, -0.25) is 9.59 Å². The van der Waals surface area contributed by atoms with E-state index in [0.717, 1.165) is 16.2 Å². The van der Waals surface area contributed by atoms with Crippen LogP contribution >= 0.6 is 11.3 Å². The van der Waals surface area contributed by atoms with Crippen molar-refractivity contribution in [3.05, 3.63) is 76.5 Å². The third-order valence-corrected chi connectivity index (χ3v) is 4.95. The van der Waals surface area contributed by atoms with Crippen molar-refractivity contribution in [2.45, 2.75) is 13.0 Å². The van der Waals surface area contributed by atoms with E-state index in [1.54, 1.807) is 54.8 Å². The highest BCUT2D eigenvalue weighted by atomic mass is 32.1. The van der Waals surface area contributed by atoms with Crippen molar-refractivity contribution in [2.24, 2.45) is 0 Å². The topological polar surface area (TPSA) is 76.7 Å². The third kappa shape index (κ3) is 6.65. The second kappa shape index (κ2) is 10.3. The zero-order valence-electron chi connectivity index (χ0n) is 16.0. The number of benzene rings is 2. The van der Waals surface area contributed by atoms with Crippen molar-refractivity contribution in [3.63, 3.8) is 0 Å². The maximum atomic E-state index is 12.0. The van der Waals surface area contributed by atoms with Gasteiger partial charge < -0.3 is 20.1 Å². The number of hydrogen-bond donors (Lipinski definition) is 2. The predicted molar refractivity (Wildman–Crippen MR) is 113 cm³/mol. The second-order valence-electron chi connectivity index (χ2n) is 6.24. The highest BCUT2D eigenvalue weighted by Crippen LogP contribution is 2.17. The molecule has 0 saturated heterocycles. The van der Waals surface area contributed by atoms with Crippen molar-refractivity contribution in [2.75, 3.05) is 19.0 Å². The molecule has 0 spiro atoms. The smallest absolute Gasteiger partial charge is 0.262 e. The zero-order valence-corrected chi connectivity index (χ0v) is 16.8. The second-order valence-corrected chi connectivity index (χ2v) is 7.27. The van der Waals surface area contributed by atoms with Gasteiger partial charge in [-0.05, 0) is 53.4 Å². The van der Waals surface area contributed by atoms with E-state index < -0.39 is 0 Å². The average molecular weight is 410 g/mol. The average Bonchev–Trinajstić information content (AvgIpc) is 3.26. The normalized spacial score (nSPS) is 10.2. The molecule has 1 heterocycles. The Bertz CT molecular complexity index is 922. The first kappa shape index (κ1) is 20.4. The summed E-state index contributed by atoms with van der Waals surface area (Å²) in [7, 11) is 1.59. The van der Waals surface area contributed by atoms with Gasteiger partial charge in [-0.15, -0.1) is 11.3 Å². The summed E-state index contributed by atoms with van der Waals surface area (Å²) in [4.78, 5) is 25.2. The molecule has 0 atom stereocenters. The molecule has 0 unspecified atom stereocenters. The first-order chi connectivity index (χ1) is 14.1. The highest BCUT2D eigenvalue weighted by molar-refractivity contribution is 7.09. The molecule has 6 nitrogen and oxygen atoms in total. The van der Waals surface area contributed by atoms with E-state index in [0.29, 0.717) is 24.4 Å². The minimum Gasteiger partial charge on any atom is -0.497 e. The molecule has 7 heteroatoms. The summed E-state index contributed by atoms with van der Waals surface area (Å²) in [6.45, 7) is 0.443. The lowest BCUT2D eigenvalue weighted by atomic mass is 10.1. The van der Waals surface area contributed by atoms with Crippen LogP contribution in [-0.2, 0) is 22.6 Å². The van der Waals surface area contributed by atoms with E-state index in [1.165, 1.54) is 0 Å². The lowest BCUT2D eigenvalue weighted by Crippen LogP contribution is -2.24. The number of amides is 2. The number of thiophene rings is 1. The molecule has 0 bridgehead atoms.